The summed E-state index contributed by atoms with van der Waals surface area (Å²) in [5.74, 6) is -0.233. The van der Waals surface area contributed by atoms with Gasteiger partial charge in [0.15, 0.2) is 0 Å². The van der Waals surface area contributed by atoms with Crippen molar-refractivity contribution in [3.63, 3.8) is 0 Å². The van der Waals surface area contributed by atoms with E-state index in [-0.39, 0.29) is 10.9 Å². The van der Waals surface area contributed by atoms with E-state index in [1.54, 1.807) is 0 Å². The van der Waals surface area contributed by atoms with Crippen LogP contribution in [0.25, 0.3) is 0 Å². The van der Waals surface area contributed by atoms with Gasteiger partial charge in [0.05, 0.1) is 0 Å². The summed E-state index contributed by atoms with van der Waals surface area (Å²) in [6.45, 7) is 1.37. The van der Waals surface area contributed by atoms with Crippen LogP contribution in [0.4, 0.5) is 5.69 Å². The number of nitrogens with one attached hydrogen (secondary N) is 1. The van der Waals surface area contributed by atoms with Crippen molar-refractivity contribution in [2.75, 3.05) is 5.32 Å². The van der Waals surface area contributed by atoms with Crippen LogP contribution in [0.2, 0.25) is 5.02 Å². The molecule has 1 aromatic carbocycles. The van der Waals surface area contributed by atoms with Gasteiger partial charge in [0.2, 0.25) is 0 Å². The predicted molar refractivity (Wildman–Crippen MR) is 54.0 cm³/mol. The molecule has 1 radical (unpaired) electrons. The molecule has 0 aliphatic rings. The zero-order chi connectivity index (χ0) is 10.7. The van der Waals surface area contributed by atoms with E-state index < -0.39 is 20.6 Å². The Hall–Kier alpha value is -0.442. The predicted octanol–water partition coefficient (Wildman–Crippen LogP) is 0.416. The van der Waals surface area contributed by atoms with E-state index in [9.17, 15) is 7.81 Å². The second-order valence-corrected chi connectivity index (χ2v) is 6.06. The fraction of sp³-hybridized carbons (Fsp3) is 0.125. The fourth-order valence-electron chi connectivity index (χ4n) is 0.914. The molecule has 0 atom stereocenters. The van der Waals surface area contributed by atoms with Crippen LogP contribution < -0.4 is 8.83 Å². The van der Waals surface area contributed by atoms with Gasteiger partial charge in [-0.3, -0.25) is 0 Å². The van der Waals surface area contributed by atoms with E-state index >= 15 is 0 Å². The summed E-state index contributed by atoms with van der Waals surface area (Å²) >= 11 is 2.32. The van der Waals surface area contributed by atoms with Gasteiger partial charge >= 0.3 is 94.0 Å². The minimum absolute atomic E-state index is 0.233. The van der Waals surface area contributed by atoms with Crippen molar-refractivity contribution in [3.8, 4) is 0 Å². The first-order valence-corrected chi connectivity index (χ1v) is 7.58. The molecular formula is C8H8ClNO3Sb. The Balaban J connectivity index is 3.01. The zero-order valence-corrected chi connectivity index (χ0v) is 10.6. The number of rotatable bonds is 2. The van der Waals surface area contributed by atoms with Crippen LogP contribution in [0.5, 0.6) is 0 Å². The first-order valence-electron chi connectivity index (χ1n) is 3.74. The first-order chi connectivity index (χ1) is 6.50. The van der Waals surface area contributed by atoms with E-state index in [2.05, 4.69) is 5.32 Å². The molecular weight excluding hydrogens is 315 g/mol. The van der Waals surface area contributed by atoms with Crippen LogP contribution in [0.3, 0.4) is 0 Å². The Kier molecular flexibility index (Phi) is 4.05. The molecule has 6 heteroatoms. The zero-order valence-electron chi connectivity index (χ0n) is 7.32. The molecule has 0 heterocycles. The topological polar surface area (TPSA) is 66.4 Å². The summed E-state index contributed by atoms with van der Waals surface area (Å²) in [5.41, 5.74) is 0.449. The molecule has 0 saturated heterocycles. The van der Waals surface area contributed by atoms with Gasteiger partial charge in [0.25, 0.3) is 0 Å². The van der Waals surface area contributed by atoms with Crippen LogP contribution in [-0.2, 0) is 7.81 Å². The van der Waals surface area contributed by atoms with Crippen LogP contribution in [0.15, 0.2) is 18.2 Å². The van der Waals surface area contributed by atoms with Crippen molar-refractivity contribution in [1.29, 1.82) is 0 Å². The molecule has 0 aliphatic carbocycles. The number of hydrogen-bond donors (Lipinski definition) is 2. The quantitative estimate of drug-likeness (QED) is 0.775. The second kappa shape index (κ2) is 4.87. The van der Waals surface area contributed by atoms with E-state index in [1.807, 2.05) is 0 Å². The van der Waals surface area contributed by atoms with Crippen LogP contribution in [-0.4, -0.2) is 29.9 Å². The van der Waals surface area contributed by atoms with Gasteiger partial charge in [-0.15, -0.1) is 0 Å². The Morgan fingerprint density at radius 3 is 2.64 bits per heavy atom. The molecule has 4 nitrogen and oxygen atoms in total. The molecule has 14 heavy (non-hydrogen) atoms. The summed E-state index contributed by atoms with van der Waals surface area (Å²) in [6.07, 6.45) is 0. The Morgan fingerprint density at radius 2 is 2.21 bits per heavy atom. The van der Waals surface area contributed by atoms with Gasteiger partial charge in [-0.2, -0.15) is 0 Å². The molecule has 1 amide bonds. The Bertz CT molecular complexity index is 394. The summed E-state index contributed by atoms with van der Waals surface area (Å²) in [7, 11) is 0. The third kappa shape index (κ3) is 3.05. The van der Waals surface area contributed by atoms with Crippen molar-refractivity contribution in [3.05, 3.63) is 23.2 Å². The van der Waals surface area contributed by atoms with E-state index in [4.69, 9.17) is 15.0 Å². The summed E-state index contributed by atoms with van der Waals surface area (Å²) in [4.78, 5) is 10.7. The first kappa shape index (κ1) is 11.6. The van der Waals surface area contributed by atoms with Crippen molar-refractivity contribution in [2.24, 2.45) is 0 Å². The average Bonchev–Trinajstić information content (AvgIpc) is 2.07. The normalized spacial score (nSPS) is 9.64. The average molecular weight is 323 g/mol. The summed E-state index contributed by atoms with van der Waals surface area (Å²) in [6, 6.07) is 4.42. The Labute approximate surface area is 93.8 Å². The third-order valence-corrected chi connectivity index (χ3v) is 3.85. The molecule has 0 unspecified atom stereocenters. The number of carbonyl (C=O) groups excluding carboxylic acids is 1. The second-order valence-electron chi connectivity index (χ2n) is 2.62. The van der Waals surface area contributed by atoms with Gasteiger partial charge in [0, 0.05) is 0 Å². The van der Waals surface area contributed by atoms with Crippen molar-refractivity contribution < 1.29 is 11.2 Å². The number of carbonyl (C=O) groups is 1. The third-order valence-electron chi connectivity index (χ3n) is 1.48. The summed E-state index contributed by atoms with van der Waals surface area (Å²) < 4.78 is 20.1. The molecule has 0 aromatic heterocycles. The fourth-order valence-corrected chi connectivity index (χ4v) is 2.63. The molecule has 0 spiro atoms. The Morgan fingerprint density at radius 1 is 1.57 bits per heavy atom. The van der Waals surface area contributed by atoms with Gasteiger partial charge in [-0.25, -0.2) is 0 Å². The number of anilines is 1. The standard InChI is InChI=1S/C8H7ClNO.H2O.O.Sb/c1-6(11)10-8-5-3-2-4-7(8)9;;;/h3-5H,1H3,(H,10,11);1H2;;/q;;;+1/p-1. The molecule has 2 N–H and O–H groups in total. The maximum atomic E-state index is 10.8. The molecule has 75 valence electrons. The van der Waals surface area contributed by atoms with Crippen LogP contribution in [0.1, 0.15) is 6.92 Å². The molecule has 1 aromatic rings. The molecule has 0 fully saturated rings. The van der Waals surface area contributed by atoms with Gasteiger partial charge < -0.3 is 0 Å². The van der Waals surface area contributed by atoms with Crippen molar-refractivity contribution in [1.82, 2.24) is 0 Å². The maximum absolute atomic E-state index is 10.8. The van der Waals surface area contributed by atoms with Gasteiger partial charge in [-0.1, -0.05) is 0 Å². The number of benzene rings is 1. The summed E-state index contributed by atoms with van der Waals surface area (Å²) in [5, 5.41) is 2.78. The van der Waals surface area contributed by atoms with Crippen molar-refractivity contribution >= 4 is 47.3 Å². The number of hydrogen-bond acceptors (Lipinski definition) is 2. The van der Waals surface area contributed by atoms with E-state index in [0.29, 0.717) is 9.20 Å². The molecule has 0 saturated carbocycles. The van der Waals surface area contributed by atoms with Gasteiger partial charge in [0.1, 0.15) is 0 Å². The van der Waals surface area contributed by atoms with Gasteiger partial charge in [-0.05, 0) is 0 Å². The minimum atomic E-state index is -3.46. The van der Waals surface area contributed by atoms with Crippen LogP contribution in [0, 0.1) is 0 Å². The van der Waals surface area contributed by atoms with E-state index in [1.165, 1.54) is 25.1 Å². The SMILES string of the molecule is CC(=O)Nc1cc[c]([Sb](=[O])[OH])cc1Cl. The molecule has 1 rings (SSSR count). The number of halogens is 1. The van der Waals surface area contributed by atoms with E-state index in [0.717, 1.165) is 0 Å². The molecule has 0 aliphatic heterocycles. The monoisotopic (exact) mass is 322 g/mol. The van der Waals surface area contributed by atoms with Crippen molar-refractivity contribution in [2.45, 2.75) is 6.92 Å². The molecule has 0 bridgehead atoms. The number of amides is 1. The van der Waals surface area contributed by atoms with Crippen LogP contribution >= 0.6 is 11.6 Å².